The first-order chi connectivity index (χ1) is 8.68. The summed E-state index contributed by atoms with van der Waals surface area (Å²) < 4.78 is 0. The molecule has 0 fully saturated rings. The van der Waals surface area contributed by atoms with Gasteiger partial charge < -0.3 is 10.4 Å². The van der Waals surface area contributed by atoms with Crippen LogP contribution in [0, 0.1) is 6.92 Å². The van der Waals surface area contributed by atoms with Crippen molar-refractivity contribution >= 4 is 5.91 Å². The first kappa shape index (κ1) is 12.0. The monoisotopic (exact) mass is 243 g/mol. The van der Waals surface area contributed by atoms with Gasteiger partial charge in [0.2, 0.25) is 0 Å². The maximum Gasteiger partial charge on any atom is 0.255 e. The van der Waals surface area contributed by atoms with Crippen LogP contribution in [0.4, 0.5) is 0 Å². The molecular formula is C13H13N3O2. The minimum absolute atomic E-state index is 0.124. The fraction of sp³-hybridized carbons (Fsp3) is 0.154. The van der Waals surface area contributed by atoms with Crippen molar-refractivity contribution in [1.82, 2.24) is 15.3 Å². The smallest absolute Gasteiger partial charge is 0.255 e. The zero-order valence-corrected chi connectivity index (χ0v) is 9.92. The molecule has 92 valence electrons. The fourth-order valence-electron chi connectivity index (χ4n) is 1.55. The zero-order valence-electron chi connectivity index (χ0n) is 9.92. The van der Waals surface area contributed by atoms with Gasteiger partial charge in [0.15, 0.2) is 0 Å². The molecule has 2 heterocycles. The lowest BCUT2D eigenvalue weighted by atomic mass is 10.1. The van der Waals surface area contributed by atoms with E-state index in [0.717, 1.165) is 11.1 Å². The van der Waals surface area contributed by atoms with Crippen LogP contribution >= 0.6 is 0 Å². The first-order valence-electron chi connectivity index (χ1n) is 5.49. The standard InChI is InChI=1S/C13H13N3O2/c1-9-6-14-4-2-10(9)7-16-13(18)11-3-5-15-8-12(11)17/h2-6,8,17H,7H2,1H3,(H,16,18). The van der Waals surface area contributed by atoms with Gasteiger partial charge in [0.1, 0.15) is 5.75 Å². The number of aryl methyl sites for hydroxylation is 1. The van der Waals surface area contributed by atoms with E-state index < -0.39 is 0 Å². The Bertz CT molecular complexity index is 570. The second-order valence-electron chi connectivity index (χ2n) is 3.88. The lowest BCUT2D eigenvalue weighted by Gasteiger charge is -2.08. The number of aromatic hydroxyl groups is 1. The van der Waals surface area contributed by atoms with Crippen LogP contribution in [0.25, 0.3) is 0 Å². The number of carbonyl (C=O) groups excluding carboxylic acids is 1. The van der Waals surface area contributed by atoms with Gasteiger partial charge in [0.25, 0.3) is 5.91 Å². The summed E-state index contributed by atoms with van der Waals surface area (Å²) in [4.78, 5) is 19.5. The lowest BCUT2D eigenvalue weighted by molar-refractivity contribution is 0.0948. The highest BCUT2D eigenvalue weighted by molar-refractivity contribution is 5.96. The summed E-state index contributed by atoms with van der Waals surface area (Å²) in [7, 11) is 0. The van der Waals surface area contributed by atoms with Gasteiger partial charge in [-0.05, 0) is 30.2 Å². The van der Waals surface area contributed by atoms with E-state index in [2.05, 4.69) is 15.3 Å². The van der Waals surface area contributed by atoms with E-state index in [0.29, 0.717) is 6.54 Å². The van der Waals surface area contributed by atoms with E-state index in [4.69, 9.17) is 0 Å². The number of carbonyl (C=O) groups is 1. The van der Waals surface area contributed by atoms with E-state index in [1.807, 2.05) is 13.0 Å². The van der Waals surface area contributed by atoms with E-state index >= 15 is 0 Å². The molecule has 0 unspecified atom stereocenters. The van der Waals surface area contributed by atoms with E-state index in [9.17, 15) is 9.90 Å². The van der Waals surface area contributed by atoms with Crippen molar-refractivity contribution in [3.8, 4) is 5.75 Å². The minimum Gasteiger partial charge on any atom is -0.505 e. The lowest BCUT2D eigenvalue weighted by Crippen LogP contribution is -2.23. The molecule has 2 aromatic heterocycles. The van der Waals surface area contributed by atoms with Crippen LogP contribution in [0.15, 0.2) is 36.9 Å². The van der Waals surface area contributed by atoms with Gasteiger partial charge in [-0.1, -0.05) is 0 Å². The number of rotatable bonds is 3. The molecule has 0 spiro atoms. The van der Waals surface area contributed by atoms with Crippen molar-refractivity contribution in [2.24, 2.45) is 0 Å². The quantitative estimate of drug-likeness (QED) is 0.855. The predicted molar refractivity (Wildman–Crippen MR) is 66.0 cm³/mol. The highest BCUT2D eigenvalue weighted by Gasteiger charge is 2.10. The Balaban J connectivity index is 2.06. The molecule has 1 amide bonds. The average molecular weight is 243 g/mol. The van der Waals surface area contributed by atoms with E-state index in [1.54, 1.807) is 12.4 Å². The van der Waals surface area contributed by atoms with Gasteiger partial charge in [-0.15, -0.1) is 0 Å². The van der Waals surface area contributed by atoms with E-state index in [1.165, 1.54) is 18.5 Å². The van der Waals surface area contributed by atoms with Crippen LogP contribution in [0.5, 0.6) is 5.75 Å². The highest BCUT2D eigenvalue weighted by Crippen LogP contribution is 2.13. The summed E-state index contributed by atoms with van der Waals surface area (Å²) in [5.74, 6) is -0.451. The number of amides is 1. The van der Waals surface area contributed by atoms with Gasteiger partial charge >= 0.3 is 0 Å². The zero-order chi connectivity index (χ0) is 13.0. The van der Waals surface area contributed by atoms with Gasteiger partial charge in [-0.25, -0.2) is 0 Å². The molecule has 0 aromatic carbocycles. The van der Waals surface area contributed by atoms with Crippen molar-refractivity contribution < 1.29 is 9.90 Å². The fourth-order valence-corrected chi connectivity index (χ4v) is 1.55. The molecule has 2 N–H and O–H groups in total. The molecule has 0 atom stereocenters. The third-order valence-corrected chi connectivity index (χ3v) is 2.62. The second kappa shape index (κ2) is 5.27. The molecule has 0 aliphatic rings. The third-order valence-electron chi connectivity index (χ3n) is 2.62. The maximum absolute atomic E-state index is 11.8. The molecule has 0 saturated carbocycles. The molecule has 18 heavy (non-hydrogen) atoms. The minimum atomic E-state index is -0.328. The Morgan fingerprint density at radius 1 is 1.28 bits per heavy atom. The van der Waals surface area contributed by atoms with Crippen LogP contribution in [-0.2, 0) is 6.54 Å². The van der Waals surface area contributed by atoms with Crippen LogP contribution in [-0.4, -0.2) is 21.0 Å². The SMILES string of the molecule is Cc1cnccc1CNC(=O)c1ccncc1O. The topological polar surface area (TPSA) is 75.1 Å². The molecule has 0 saturated heterocycles. The Morgan fingerprint density at radius 2 is 2.00 bits per heavy atom. The summed E-state index contributed by atoms with van der Waals surface area (Å²) in [6, 6.07) is 3.33. The third kappa shape index (κ3) is 2.63. The molecule has 0 radical (unpaired) electrons. The first-order valence-corrected chi connectivity index (χ1v) is 5.49. The number of pyridine rings is 2. The Labute approximate surface area is 105 Å². The number of nitrogens with one attached hydrogen (secondary N) is 1. The molecule has 2 aromatic rings. The van der Waals surface area contributed by atoms with Gasteiger partial charge in [-0.2, -0.15) is 0 Å². The van der Waals surface area contributed by atoms with Crippen molar-refractivity contribution in [3.05, 3.63) is 53.6 Å². The summed E-state index contributed by atoms with van der Waals surface area (Å²) >= 11 is 0. The van der Waals surface area contributed by atoms with Crippen LogP contribution in [0.1, 0.15) is 21.5 Å². The van der Waals surface area contributed by atoms with Crippen LogP contribution < -0.4 is 5.32 Å². The Hall–Kier alpha value is -2.43. The number of hydrogen-bond donors (Lipinski definition) is 2. The highest BCUT2D eigenvalue weighted by atomic mass is 16.3. The van der Waals surface area contributed by atoms with Crippen LogP contribution in [0.3, 0.4) is 0 Å². The average Bonchev–Trinajstić information content (AvgIpc) is 2.38. The second-order valence-corrected chi connectivity index (χ2v) is 3.88. The van der Waals surface area contributed by atoms with Gasteiger partial charge in [0.05, 0.1) is 11.8 Å². The number of aromatic nitrogens is 2. The van der Waals surface area contributed by atoms with Gasteiger partial charge in [-0.3, -0.25) is 14.8 Å². The molecule has 0 aliphatic carbocycles. The summed E-state index contributed by atoms with van der Waals surface area (Å²) in [5.41, 5.74) is 2.22. The van der Waals surface area contributed by atoms with Gasteiger partial charge in [0, 0.05) is 25.1 Å². The summed E-state index contributed by atoms with van der Waals surface area (Å²) in [6.07, 6.45) is 6.13. The molecule has 5 heteroatoms. The van der Waals surface area contributed by atoms with Crippen molar-refractivity contribution in [1.29, 1.82) is 0 Å². The largest absolute Gasteiger partial charge is 0.505 e. The number of hydrogen-bond acceptors (Lipinski definition) is 4. The Kier molecular flexibility index (Phi) is 3.52. The molecule has 2 rings (SSSR count). The summed E-state index contributed by atoms with van der Waals surface area (Å²) in [5, 5.41) is 12.2. The summed E-state index contributed by atoms with van der Waals surface area (Å²) in [6.45, 7) is 2.33. The van der Waals surface area contributed by atoms with Crippen LogP contribution in [0.2, 0.25) is 0 Å². The van der Waals surface area contributed by atoms with Crippen molar-refractivity contribution in [2.45, 2.75) is 13.5 Å². The van der Waals surface area contributed by atoms with Crippen molar-refractivity contribution in [2.75, 3.05) is 0 Å². The Morgan fingerprint density at radius 3 is 2.72 bits per heavy atom. The number of nitrogens with zero attached hydrogens (tertiary/aromatic N) is 2. The molecular weight excluding hydrogens is 230 g/mol. The predicted octanol–water partition coefficient (Wildman–Crippen LogP) is 1.42. The molecule has 0 bridgehead atoms. The normalized spacial score (nSPS) is 10.1. The molecule has 0 aliphatic heterocycles. The maximum atomic E-state index is 11.8. The van der Waals surface area contributed by atoms with E-state index in [-0.39, 0.29) is 17.2 Å². The van der Waals surface area contributed by atoms with Crippen molar-refractivity contribution in [3.63, 3.8) is 0 Å². The molecule has 5 nitrogen and oxygen atoms in total.